The second kappa shape index (κ2) is 10.0. The third kappa shape index (κ3) is 4.91. The Morgan fingerprint density at radius 3 is 2.68 bits per heavy atom. The third-order valence-electron chi connectivity index (χ3n) is 5.22. The highest BCUT2D eigenvalue weighted by Crippen LogP contribution is 2.28. The van der Waals surface area contributed by atoms with E-state index < -0.39 is 17.5 Å². The zero-order valence-electron chi connectivity index (χ0n) is 15.8. The first-order chi connectivity index (χ1) is 13.0. The molecule has 28 heavy (non-hydrogen) atoms. The Morgan fingerprint density at radius 2 is 2.00 bits per heavy atom. The van der Waals surface area contributed by atoms with Crippen molar-refractivity contribution in [2.75, 3.05) is 33.3 Å². The van der Waals surface area contributed by atoms with E-state index in [2.05, 4.69) is 10.6 Å². The van der Waals surface area contributed by atoms with Gasteiger partial charge in [-0.05, 0) is 50.3 Å². The first-order valence-electron chi connectivity index (χ1n) is 9.33. The lowest BCUT2D eigenvalue weighted by Crippen LogP contribution is -2.46. The van der Waals surface area contributed by atoms with Gasteiger partial charge in [0.15, 0.2) is 11.6 Å². The van der Waals surface area contributed by atoms with Crippen LogP contribution < -0.4 is 15.4 Å². The molecule has 2 saturated heterocycles. The first kappa shape index (κ1) is 22.4. The number of amides is 2. The van der Waals surface area contributed by atoms with E-state index in [-0.39, 0.29) is 41.6 Å². The lowest BCUT2D eigenvalue weighted by atomic mass is 9.97. The van der Waals surface area contributed by atoms with Crippen molar-refractivity contribution >= 4 is 24.2 Å². The van der Waals surface area contributed by atoms with Crippen LogP contribution in [0.15, 0.2) is 12.1 Å². The van der Waals surface area contributed by atoms with Gasteiger partial charge >= 0.3 is 0 Å². The summed E-state index contributed by atoms with van der Waals surface area (Å²) < 4.78 is 33.0. The van der Waals surface area contributed by atoms with Crippen molar-refractivity contribution in [2.45, 2.75) is 31.7 Å². The van der Waals surface area contributed by atoms with Crippen LogP contribution in [0.4, 0.5) is 8.78 Å². The molecule has 9 heteroatoms. The maximum absolute atomic E-state index is 14.2. The fraction of sp³-hybridized carbons (Fsp3) is 0.579. The van der Waals surface area contributed by atoms with Crippen molar-refractivity contribution in [3.8, 4) is 5.75 Å². The van der Waals surface area contributed by atoms with E-state index in [1.165, 1.54) is 12.0 Å². The fourth-order valence-corrected chi connectivity index (χ4v) is 3.78. The molecule has 1 aromatic carbocycles. The van der Waals surface area contributed by atoms with Crippen molar-refractivity contribution in [2.24, 2.45) is 5.92 Å². The lowest BCUT2D eigenvalue weighted by molar-refractivity contribution is -0.123. The van der Waals surface area contributed by atoms with Gasteiger partial charge in [0.05, 0.1) is 13.2 Å². The van der Waals surface area contributed by atoms with E-state index >= 15 is 0 Å². The van der Waals surface area contributed by atoms with E-state index in [9.17, 15) is 18.4 Å². The molecule has 0 aromatic heterocycles. The number of carbonyl (C=O) groups excluding carboxylic acids is 2. The second-order valence-corrected chi connectivity index (χ2v) is 7.09. The summed E-state index contributed by atoms with van der Waals surface area (Å²) >= 11 is 0. The monoisotopic (exact) mass is 417 g/mol. The molecule has 6 nitrogen and oxygen atoms in total. The van der Waals surface area contributed by atoms with Crippen molar-refractivity contribution in [1.29, 1.82) is 0 Å². The summed E-state index contributed by atoms with van der Waals surface area (Å²) in [5.74, 6) is -2.47. The minimum absolute atomic E-state index is 0. The highest BCUT2D eigenvalue weighted by molar-refractivity contribution is 5.97. The molecule has 2 aliphatic heterocycles. The maximum Gasteiger partial charge on any atom is 0.260 e. The summed E-state index contributed by atoms with van der Waals surface area (Å²) in [6.45, 7) is 2.16. The summed E-state index contributed by atoms with van der Waals surface area (Å²) in [5.41, 5.74) is -0.377. The fourth-order valence-electron chi connectivity index (χ4n) is 3.78. The molecule has 3 rings (SSSR count). The van der Waals surface area contributed by atoms with Gasteiger partial charge in [-0.25, -0.2) is 8.78 Å². The SMILES string of the molecule is COc1c(F)ccc(F)c1C(=O)N1CCCC(CNC(=O)C2CCCN2)C1.Cl. The molecule has 2 fully saturated rings. The molecule has 2 heterocycles. The zero-order chi connectivity index (χ0) is 19.4. The molecule has 0 saturated carbocycles. The highest BCUT2D eigenvalue weighted by atomic mass is 35.5. The van der Waals surface area contributed by atoms with Crippen LogP contribution in [0.3, 0.4) is 0 Å². The van der Waals surface area contributed by atoms with Gasteiger partial charge < -0.3 is 20.3 Å². The van der Waals surface area contributed by atoms with Crippen molar-refractivity contribution in [3.63, 3.8) is 0 Å². The molecular formula is C19H26ClF2N3O3. The number of carbonyl (C=O) groups is 2. The summed E-state index contributed by atoms with van der Waals surface area (Å²) in [5, 5.41) is 6.09. The molecular weight excluding hydrogens is 392 g/mol. The molecule has 2 atom stereocenters. The molecule has 156 valence electrons. The Bertz CT molecular complexity index is 714. The number of hydrogen-bond donors (Lipinski definition) is 2. The number of rotatable bonds is 5. The molecule has 0 bridgehead atoms. The topological polar surface area (TPSA) is 70.7 Å². The van der Waals surface area contributed by atoms with Crippen LogP contribution in [-0.4, -0.2) is 56.0 Å². The smallest absolute Gasteiger partial charge is 0.260 e. The number of nitrogens with one attached hydrogen (secondary N) is 2. The quantitative estimate of drug-likeness (QED) is 0.770. The number of hydrogen-bond acceptors (Lipinski definition) is 4. The van der Waals surface area contributed by atoms with Crippen LogP contribution in [0.1, 0.15) is 36.0 Å². The van der Waals surface area contributed by atoms with Crippen LogP contribution in [0.2, 0.25) is 0 Å². The van der Waals surface area contributed by atoms with Gasteiger partial charge in [-0.2, -0.15) is 0 Å². The summed E-state index contributed by atoms with van der Waals surface area (Å²) in [7, 11) is 1.21. The molecule has 2 unspecified atom stereocenters. The van der Waals surface area contributed by atoms with Gasteiger partial charge in [0.25, 0.3) is 5.91 Å². The number of nitrogens with zero attached hydrogens (tertiary/aromatic N) is 1. The molecule has 2 N–H and O–H groups in total. The minimum atomic E-state index is -0.805. The first-order valence-corrected chi connectivity index (χ1v) is 9.33. The van der Waals surface area contributed by atoms with Crippen molar-refractivity contribution in [3.05, 3.63) is 29.3 Å². The molecule has 2 aliphatic rings. The molecule has 0 spiro atoms. The number of halogens is 3. The number of benzene rings is 1. The van der Waals surface area contributed by atoms with Gasteiger partial charge in [0.2, 0.25) is 5.91 Å². The molecule has 0 aliphatic carbocycles. The Kier molecular flexibility index (Phi) is 8.00. The Labute approximate surface area is 169 Å². The predicted molar refractivity (Wildman–Crippen MR) is 103 cm³/mol. The van der Waals surface area contributed by atoms with Crippen molar-refractivity contribution in [1.82, 2.24) is 15.5 Å². The number of ether oxygens (including phenoxy) is 1. The van der Waals surface area contributed by atoms with E-state index in [0.29, 0.717) is 19.6 Å². The predicted octanol–water partition coefficient (Wildman–Crippen LogP) is 2.12. The minimum Gasteiger partial charge on any atom is -0.493 e. The average Bonchev–Trinajstić information content (AvgIpc) is 3.22. The lowest BCUT2D eigenvalue weighted by Gasteiger charge is -2.33. The molecule has 0 radical (unpaired) electrons. The second-order valence-electron chi connectivity index (χ2n) is 7.09. The normalized spacial score (nSPS) is 21.8. The Morgan fingerprint density at radius 1 is 1.25 bits per heavy atom. The Balaban J connectivity index is 0.00000280. The van der Waals surface area contributed by atoms with Gasteiger partial charge in [-0.3, -0.25) is 9.59 Å². The summed E-state index contributed by atoms with van der Waals surface area (Å²) in [4.78, 5) is 26.4. The maximum atomic E-state index is 14.2. The average molecular weight is 418 g/mol. The van der Waals surface area contributed by atoms with Crippen LogP contribution >= 0.6 is 12.4 Å². The van der Waals surface area contributed by atoms with Gasteiger partial charge in [0, 0.05) is 19.6 Å². The third-order valence-corrected chi connectivity index (χ3v) is 5.22. The molecule has 2 amide bonds. The van der Waals surface area contributed by atoms with Crippen LogP contribution in [0.25, 0.3) is 0 Å². The Hall–Kier alpha value is -1.93. The van der Waals surface area contributed by atoms with Crippen molar-refractivity contribution < 1.29 is 23.1 Å². The highest BCUT2D eigenvalue weighted by Gasteiger charge is 2.30. The van der Waals surface area contributed by atoms with Gasteiger partial charge in [0.1, 0.15) is 11.4 Å². The summed E-state index contributed by atoms with van der Waals surface area (Å²) in [6, 6.07) is 1.73. The van der Waals surface area contributed by atoms with Crippen LogP contribution in [0, 0.1) is 17.6 Å². The van der Waals surface area contributed by atoms with Crippen LogP contribution in [-0.2, 0) is 4.79 Å². The van der Waals surface area contributed by atoms with Gasteiger partial charge in [-0.1, -0.05) is 0 Å². The number of methoxy groups -OCH3 is 1. The summed E-state index contributed by atoms with van der Waals surface area (Å²) in [6.07, 6.45) is 3.43. The van der Waals surface area contributed by atoms with Crippen LogP contribution in [0.5, 0.6) is 5.75 Å². The number of piperidine rings is 1. The molecule has 1 aromatic rings. The number of likely N-dealkylation sites (tertiary alicyclic amines) is 1. The van der Waals surface area contributed by atoms with Gasteiger partial charge in [-0.15, -0.1) is 12.4 Å². The van der Waals surface area contributed by atoms with E-state index in [4.69, 9.17) is 4.74 Å². The van der Waals surface area contributed by atoms with E-state index in [0.717, 1.165) is 44.4 Å². The zero-order valence-corrected chi connectivity index (χ0v) is 16.6. The standard InChI is InChI=1S/C19H25F2N3O3.ClH/c1-27-17-14(21)7-6-13(20)16(17)19(26)24-9-3-4-12(11-24)10-23-18(25)15-5-2-8-22-15;/h6-7,12,15,22H,2-5,8-11H2,1H3,(H,23,25);1H. The van der Waals surface area contributed by atoms with E-state index in [1.807, 2.05) is 0 Å². The van der Waals surface area contributed by atoms with E-state index in [1.54, 1.807) is 0 Å². The largest absolute Gasteiger partial charge is 0.493 e.